The van der Waals surface area contributed by atoms with Crippen LogP contribution in [0.1, 0.15) is 32.1 Å². The van der Waals surface area contributed by atoms with E-state index >= 15 is 0 Å². The standard InChI is InChI=1S/C21H34O17.3Na/c22-7-11(25)16-14(29)10(24)6-21(37-16,19(33)34)36-8-12(26)17-15(30)9(23)5-20(38-17,18(31)32)35-4-2-1-3-13(27)28;;;/h9-12,14-17,22-26,29-30H,1-8H2,(H,27,28)(H,31,32)(H,33,34);;;/q;3*+1/p-3/t9-,10-,11-,12-,14-,15-,16-,17-,20-,21-;;;/m1.../s1. The summed E-state index contributed by atoms with van der Waals surface area (Å²) in [5.74, 6) is -11.0. The molecule has 2 rings (SSSR count). The number of carbonyl (C=O) groups excluding carboxylic acids is 3. The first-order valence-corrected chi connectivity index (χ1v) is 11.6. The van der Waals surface area contributed by atoms with Crippen molar-refractivity contribution in [1.82, 2.24) is 0 Å². The minimum Gasteiger partial charge on any atom is -0.550 e. The predicted molar refractivity (Wildman–Crippen MR) is 108 cm³/mol. The van der Waals surface area contributed by atoms with E-state index in [0.29, 0.717) is 0 Å². The van der Waals surface area contributed by atoms with Crippen molar-refractivity contribution in [3.8, 4) is 0 Å². The van der Waals surface area contributed by atoms with Crippen LogP contribution in [-0.2, 0) is 33.3 Å². The molecule has 10 atom stereocenters. The molecule has 17 nitrogen and oxygen atoms in total. The third-order valence-electron chi connectivity index (χ3n) is 6.24. The maximum Gasteiger partial charge on any atom is 1.00 e. The molecule has 0 spiro atoms. The van der Waals surface area contributed by atoms with Crippen molar-refractivity contribution in [2.24, 2.45) is 0 Å². The maximum atomic E-state index is 11.8. The Morgan fingerprint density at radius 3 is 1.63 bits per heavy atom. The molecule has 2 fully saturated rings. The van der Waals surface area contributed by atoms with Crippen molar-refractivity contribution < 1.29 is 173 Å². The Kier molecular flexibility index (Phi) is 20.9. The number of rotatable bonds is 14. The quantitative estimate of drug-likeness (QED) is 0.0697. The van der Waals surface area contributed by atoms with Crippen LogP contribution >= 0.6 is 0 Å². The first-order valence-electron chi connectivity index (χ1n) is 11.6. The van der Waals surface area contributed by atoms with Crippen LogP contribution in [-0.4, -0.2) is 134 Å². The first kappa shape index (κ1) is 44.1. The zero-order valence-electron chi connectivity index (χ0n) is 23.0. The van der Waals surface area contributed by atoms with Gasteiger partial charge < -0.3 is 84.4 Å². The summed E-state index contributed by atoms with van der Waals surface area (Å²) in [4.78, 5) is 34.2. The number of aliphatic hydroxyl groups is 7. The van der Waals surface area contributed by atoms with E-state index in [1.165, 1.54) is 0 Å². The van der Waals surface area contributed by atoms with Gasteiger partial charge in [0.25, 0.3) is 0 Å². The third-order valence-corrected chi connectivity index (χ3v) is 6.24. The summed E-state index contributed by atoms with van der Waals surface area (Å²) in [6.45, 7) is -2.50. The van der Waals surface area contributed by atoms with Crippen molar-refractivity contribution in [2.75, 3.05) is 19.8 Å². The van der Waals surface area contributed by atoms with Crippen molar-refractivity contribution in [3.05, 3.63) is 0 Å². The van der Waals surface area contributed by atoms with Gasteiger partial charge in [0, 0.05) is 18.8 Å². The van der Waals surface area contributed by atoms with Gasteiger partial charge in [-0.25, -0.2) is 0 Å². The van der Waals surface area contributed by atoms with E-state index in [-0.39, 0.29) is 115 Å². The number of hydrogen-bond acceptors (Lipinski definition) is 17. The summed E-state index contributed by atoms with van der Waals surface area (Å²) >= 11 is 0. The van der Waals surface area contributed by atoms with E-state index in [2.05, 4.69) is 0 Å². The third kappa shape index (κ3) is 11.4. The molecule has 220 valence electrons. The van der Waals surface area contributed by atoms with Gasteiger partial charge in [-0.2, -0.15) is 0 Å². The van der Waals surface area contributed by atoms with Crippen LogP contribution in [0, 0.1) is 0 Å². The smallest absolute Gasteiger partial charge is 0.550 e. The number of aliphatic hydroxyl groups excluding tert-OH is 7. The summed E-state index contributed by atoms with van der Waals surface area (Å²) < 4.78 is 20.6. The molecule has 0 bridgehead atoms. The summed E-state index contributed by atoms with van der Waals surface area (Å²) in [6.07, 6.45) is -17.4. The van der Waals surface area contributed by atoms with E-state index in [4.69, 9.17) is 24.1 Å². The van der Waals surface area contributed by atoms with Gasteiger partial charge in [-0.3, -0.25) is 0 Å². The Bertz CT molecular complexity index is 839. The molecule has 0 aromatic heterocycles. The number of carbonyl (C=O) groups is 3. The fraction of sp³-hybridized carbons (Fsp3) is 0.857. The van der Waals surface area contributed by atoms with Gasteiger partial charge in [-0.15, -0.1) is 0 Å². The van der Waals surface area contributed by atoms with Crippen LogP contribution in [0.25, 0.3) is 0 Å². The largest absolute Gasteiger partial charge is 1.00 e. The van der Waals surface area contributed by atoms with Gasteiger partial charge in [0.15, 0.2) is 0 Å². The van der Waals surface area contributed by atoms with E-state index in [1.807, 2.05) is 0 Å². The normalized spacial score (nSPS) is 34.6. The number of aliphatic carboxylic acids is 3. The molecular weight excluding hydrogens is 593 g/mol. The molecular formula is C21H31Na3O17. The Morgan fingerprint density at radius 1 is 0.780 bits per heavy atom. The zero-order valence-corrected chi connectivity index (χ0v) is 29.0. The first-order chi connectivity index (χ1) is 17.7. The SMILES string of the molecule is O=C([O-])CCCCO[C@]1(C(=O)[O-])C[C@@H](O)[C@@H](O)[C@@H]([C@H](O)CO[C@]2(C(=O)[O-])C[C@@H](O)[C@@H](O)[C@@H]([C@H](O)CO)O2)O1.[Na+].[Na+].[Na+]. The van der Waals surface area contributed by atoms with Crippen LogP contribution in [0.3, 0.4) is 0 Å². The molecule has 2 aliphatic heterocycles. The molecule has 41 heavy (non-hydrogen) atoms. The van der Waals surface area contributed by atoms with Crippen LogP contribution in [0.5, 0.6) is 0 Å². The van der Waals surface area contributed by atoms with Gasteiger partial charge >= 0.3 is 88.7 Å². The summed E-state index contributed by atoms with van der Waals surface area (Å²) in [5, 5.41) is 104. The Hall–Kier alpha value is 0.970. The molecule has 0 saturated carbocycles. The van der Waals surface area contributed by atoms with Crippen LogP contribution in [0.4, 0.5) is 0 Å². The Labute approximate surface area is 300 Å². The van der Waals surface area contributed by atoms with Crippen molar-refractivity contribution in [3.63, 3.8) is 0 Å². The van der Waals surface area contributed by atoms with Crippen molar-refractivity contribution >= 4 is 17.9 Å². The van der Waals surface area contributed by atoms with Gasteiger partial charge in [0.1, 0.15) is 48.6 Å². The topological polar surface area (TPSA) is 299 Å². The number of hydrogen-bond donors (Lipinski definition) is 7. The molecule has 0 aromatic carbocycles. The van der Waals surface area contributed by atoms with Crippen LogP contribution in [0.2, 0.25) is 0 Å². The van der Waals surface area contributed by atoms with Crippen LogP contribution in [0.15, 0.2) is 0 Å². The van der Waals surface area contributed by atoms with Crippen molar-refractivity contribution in [1.29, 1.82) is 0 Å². The maximum absolute atomic E-state index is 11.8. The average molecular weight is 624 g/mol. The van der Waals surface area contributed by atoms with E-state index < -0.39 is 104 Å². The molecule has 0 unspecified atom stereocenters. The van der Waals surface area contributed by atoms with Gasteiger partial charge in [0.2, 0.25) is 11.6 Å². The molecule has 7 N–H and O–H groups in total. The zero-order chi connectivity index (χ0) is 28.8. The number of carboxylic acid groups (broad SMARTS) is 3. The number of unbranched alkanes of at least 4 members (excludes halogenated alkanes) is 1. The number of ether oxygens (including phenoxy) is 4. The summed E-state index contributed by atoms with van der Waals surface area (Å²) in [5.41, 5.74) is 0. The molecule has 0 aromatic rings. The number of carboxylic acids is 3. The average Bonchev–Trinajstić information content (AvgIpc) is 2.85. The van der Waals surface area contributed by atoms with E-state index in [1.54, 1.807) is 0 Å². The predicted octanol–water partition coefficient (Wildman–Crippen LogP) is -17.4. The van der Waals surface area contributed by atoms with Gasteiger partial charge in [-0.05, 0) is 19.3 Å². The fourth-order valence-electron chi connectivity index (χ4n) is 4.11. The second-order valence-electron chi connectivity index (χ2n) is 9.08. The summed E-state index contributed by atoms with van der Waals surface area (Å²) in [7, 11) is 0. The van der Waals surface area contributed by atoms with Crippen LogP contribution < -0.4 is 104 Å². The van der Waals surface area contributed by atoms with Crippen molar-refractivity contribution in [2.45, 2.75) is 92.5 Å². The molecule has 0 aliphatic carbocycles. The Balaban J connectivity index is 0. The molecule has 20 heteroatoms. The fourth-order valence-corrected chi connectivity index (χ4v) is 4.11. The molecule has 2 heterocycles. The molecule has 0 radical (unpaired) electrons. The molecule has 0 amide bonds. The van der Waals surface area contributed by atoms with E-state index in [0.717, 1.165) is 0 Å². The van der Waals surface area contributed by atoms with Gasteiger partial charge in [0.05, 0.1) is 32.0 Å². The minimum absolute atomic E-state index is 0. The second-order valence-corrected chi connectivity index (χ2v) is 9.08. The molecule has 2 saturated heterocycles. The second kappa shape index (κ2) is 19.5. The monoisotopic (exact) mass is 624 g/mol. The summed E-state index contributed by atoms with van der Waals surface area (Å²) in [6, 6.07) is 0. The molecule has 2 aliphatic rings. The minimum atomic E-state index is -2.89. The Morgan fingerprint density at radius 2 is 1.22 bits per heavy atom. The van der Waals surface area contributed by atoms with E-state index in [9.17, 15) is 60.3 Å². The van der Waals surface area contributed by atoms with Gasteiger partial charge in [-0.1, -0.05) is 0 Å².